The molecule has 2 bridgehead atoms. The number of ether oxygens (including phenoxy) is 1. The zero-order valence-corrected chi connectivity index (χ0v) is 30.7. The number of allylic oxidation sites excluding steroid dienone is 4. The normalized spacial score (nSPS) is 37.5. The molecule has 3 heterocycles. The Kier molecular flexibility index (Phi) is 7.51. The molecule has 3 saturated carbocycles. The predicted molar refractivity (Wildman–Crippen MR) is 191 cm³/mol. The molecule has 1 amide bonds. The highest BCUT2D eigenvalue weighted by atomic mass is 35.5. The van der Waals surface area contributed by atoms with E-state index in [9.17, 15) is 27.9 Å². The summed E-state index contributed by atoms with van der Waals surface area (Å²) in [7, 11) is 0. The van der Waals surface area contributed by atoms with Gasteiger partial charge in [-0.1, -0.05) is 49.7 Å². The number of carbonyl (C=O) groups excluding carboxylic acids is 2. The molecule has 4 fully saturated rings. The summed E-state index contributed by atoms with van der Waals surface area (Å²) in [6.45, 7) is 5.67. The highest BCUT2D eigenvalue weighted by Gasteiger charge is 2.76. The number of nitrogens with zero attached hydrogens (tertiary/aromatic N) is 1. The molecule has 2 aromatic heterocycles. The number of benzene rings is 1. The van der Waals surface area contributed by atoms with E-state index in [1.165, 1.54) is 23.1 Å². The van der Waals surface area contributed by atoms with Crippen LogP contribution >= 0.6 is 22.9 Å². The number of furan rings is 1. The smallest absolute Gasteiger partial charge is 0.416 e. The van der Waals surface area contributed by atoms with Crippen molar-refractivity contribution in [3.63, 3.8) is 0 Å². The van der Waals surface area contributed by atoms with Crippen LogP contribution in [0.5, 0.6) is 0 Å². The van der Waals surface area contributed by atoms with Gasteiger partial charge in [0.15, 0.2) is 5.76 Å². The van der Waals surface area contributed by atoms with Crippen LogP contribution in [-0.2, 0) is 17.3 Å². The highest BCUT2D eigenvalue weighted by Crippen LogP contribution is 2.79. The van der Waals surface area contributed by atoms with Crippen LogP contribution < -0.4 is 0 Å². The molecule has 1 N–H and O–H groups in total. The topological polar surface area (TPSA) is 80.0 Å². The minimum atomic E-state index is -4.57. The Morgan fingerprint density at radius 2 is 1.81 bits per heavy atom. The number of Topliss-reactive ketones (excluding diaryl/α,β-unsaturated/α-hetero) is 1. The highest BCUT2D eigenvalue weighted by molar-refractivity contribution is 7.09. The van der Waals surface area contributed by atoms with E-state index in [-0.39, 0.29) is 51.2 Å². The third kappa shape index (κ3) is 4.58. The van der Waals surface area contributed by atoms with Gasteiger partial charge in [-0.15, -0.1) is 11.3 Å². The Bertz CT molecular complexity index is 2040. The molecule has 6 aliphatic carbocycles. The van der Waals surface area contributed by atoms with Crippen molar-refractivity contribution in [2.24, 2.45) is 33.5 Å². The molecule has 52 heavy (non-hydrogen) atoms. The Morgan fingerprint density at radius 3 is 2.58 bits per heavy atom. The Labute approximate surface area is 309 Å². The van der Waals surface area contributed by atoms with Gasteiger partial charge in [-0.05, 0) is 110 Å². The second-order valence-electron chi connectivity index (χ2n) is 16.6. The van der Waals surface area contributed by atoms with E-state index >= 15 is 0 Å². The molecule has 0 radical (unpaired) electrons. The van der Waals surface area contributed by atoms with Gasteiger partial charge in [0.1, 0.15) is 11.4 Å². The van der Waals surface area contributed by atoms with Crippen molar-refractivity contribution in [1.29, 1.82) is 0 Å². The summed E-state index contributed by atoms with van der Waals surface area (Å²) >= 11 is 8.05. The number of aliphatic hydroxyl groups excluding tert-OH is 1. The Hall–Kier alpha value is -3.34. The molecule has 3 spiro atoms. The van der Waals surface area contributed by atoms with Crippen molar-refractivity contribution >= 4 is 34.8 Å². The number of ketones is 1. The van der Waals surface area contributed by atoms with Gasteiger partial charge in [0.05, 0.1) is 23.2 Å². The predicted octanol–water partition coefficient (Wildman–Crippen LogP) is 10.2. The standard InChI is InChI=1S/C41H41ClF3NO5S/c1-36-13-9-25(47)21-38(36)16-17-40(28(22-38)34(48)31-8-7-30(50-31)27-20-24(41(43,44)45)5-6-29(27)42)32(36)10-14-37(2)33(40)11-15-39(37)23-46(35(49)51-39)18-12-26-4-3-19-52-26/h3-8,16-17,19-20,22,25,32-33,47H,9-15,18,21,23H2,1-2H3/t25-,32+,33+,36+,37-,38-,39+,40-/m0/s1. The van der Waals surface area contributed by atoms with Crippen molar-refractivity contribution in [3.8, 4) is 11.3 Å². The van der Waals surface area contributed by atoms with Crippen LogP contribution in [-0.4, -0.2) is 46.7 Å². The molecule has 6 nitrogen and oxygen atoms in total. The summed E-state index contributed by atoms with van der Waals surface area (Å²) in [4.78, 5) is 31.6. The Morgan fingerprint density at radius 1 is 1.04 bits per heavy atom. The van der Waals surface area contributed by atoms with Crippen LogP contribution in [0.25, 0.3) is 11.3 Å². The zero-order chi connectivity index (χ0) is 36.5. The lowest BCUT2D eigenvalue weighted by atomic mass is 9.32. The van der Waals surface area contributed by atoms with Crippen molar-refractivity contribution < 1.29 is 37.0 Å². The molecule has 8 atom stereocenters. The van der Waals surface area contributed by atoms with Gasteiger partial charge < -0.3 is 19.2 Å². The van der Waals surface area contributed by atoms with Gasteiger partial charge >= 0.3 is 12.3 Å². The van der Waals surface area contributed by atoms with Gasteiger partial charge in [0, 0.05) is 38.8 Å². The largest absolute Gasteiger partial charge is 0.453 e. The first-order valence-electron chi connectivity index (χ1n) is 18.3. The Balaban J connectivity index is 1.11. The van der Waals surface area contributed by atoms with Gasteiger partial charge in [-0.25, -0.2) is 4.79 Å². The summed E-state index contributed by atoms with van der Waals surface area (Å²) in [5.41, 5.74) is -2.74. The first-order chi connectivity index (χ1) is 24.6. The fourth-order valence-electron chi connectivity index (χ4n) is 11.9. The van der Waals surface area contributed by atoms with Crippen LogP contribution in [0.4, 0.5) is 18.0 Å². The number of hydrogen-bond donors (Lipinski definition) is 1. The molecule has 0 unspecified atom stereocenters. The number of carbonyl (C=O) groups is 2. The maximum absolute atomic E-state index is 15.0. The number of amides is 1. The average Bonchev–Trinajstić information content (AvgIpc) is 3.91. The van der Waals surface area contributed by atoms with Crippen LogP contribution in [0.1, 0.15) is 79.8 Å². The van der Waals surface area contributed by atoms with Crippen LogP contribution in [0.2, 0.25) is 5.02 Å². The van der Waals surface area contributed by atoms with Gasteiger partial charge in [-0.2, -0.15) is 13.2 Å². The molecule has 10 rings (SSSR count). The number of hydrogen-bond acceptors (Lipinski definition) is 6. The van der Waals surface area contributed by atoms with E-state index in [1.54, 1.807) is 11.3 Å². The molecule has 1 saturated heterocycles. The summed E-state index contributed by atoms with van der Waals surface area (Å²) < 4.78 is 53.5. The number of alkyl halides is 3. The fraction of sp³-hybridized carbons (Fsp3) is 0.512. The fourth-order valence-corrected chi connectivity index (χ4v) is 12.8. The molecule has 3 aromatic rings. The van der Waals surface area contributed by atoms with E-state index in [2.05, 4.69) is 38.1 Å². The number of fused-ring (bicyclic) bond motifs is 2. The lowest BCUT2D eigenvalue weighted by Crippen LogP contribution is -2.67. The first-order valence-corrected chi connectivity index (χ1v) is 19.5. The zero-order valence-electron chi connectivity index (χ0n) is 29.1. The summed E-state index contributed by atoms with van der Waals surface area (Å²) in [6.07, 6.45) is 7.18. The van der Waals surface area contributed by atoms with Crippen LogP contribution in [0.15, 0.2) is 76.1 Å². The summed E-state index contributed by atoms with van der Waals surface area (Å²) in [5, 5.41) is 13.1. The van der Waals surface area contributed by atoms with Crippen molar-refractivity contribution in [1.82, 2.24) is 4.90 Å². The molecular weight excluding hydrogens is 711 g/mol. The van der Waals surface area contributed by atoms with Crippen molar-refractivity contribution in [3.05, 3.63) is 92.9 Å². The van der Waals surface area contributed by atoms with E-state index in [0.717, 1.165) is 44.2 Å². The first kappa shape index (κ1) is 34.4. The second-order valence-corrected chi connectivity index (χ2v) is 18.0. The molecular formula is C41H41ClF3NO5S. The lowest BCUT2D eigenvalue weighted by Gasteiger charge is -2.71. The maximum atomic E-state index is 15.0. The summed E-state index contributed by atoms with van der Waals surface area (Å²) in [6, 6.07) is 10.2. The SMILES string of the molecule is C[C@]12CC[C@H]3[C@@]4(C=C[C@@]5(C=C4C(=O)c4ccc(-c6cc(C(F)(F)F)ccc6Cl)o4)C[C@@H](O)CC[C@]35C)[C@@H]1CC[C@@]21CN(CCc2cccs2)C(=O)O1. The minimum Gasteiger partial charge on any atom is -0.453 e. The minimum absolute atomic E-state index is 0.0236. The van der Waals surface area contributed by atoms with E-state index in [1.807, 2.05) is 16.3 Å². The summed E-state index contributed by atoms with van der Waals surface area (Å²) in [5.74, 6) is -0.129. The quantitative estimate of drug-likeness (QED) is 0.200. The van der Waals surface area contributed by atoms with Crippen molar-refractivity contribution in [2.75, 3.05) is 13.1 Å². The van der Waals surface area contributed by atoms with Gasteiger partial charge in [-0.3, -0.25) is 4.79 Å². The molecule has 1 aliphatic heterocycles. The third-order valence-corrected chi connectivity index (χ3v) is 15.8. The van der Waals surface area contributed by atoms with Gasteiger partial charge in [0.2, 0.25) is 5.78 Å². The molecule has 11 heteroatoms. The average molecular weight is 752 g/mol. The molecule has 274 valence electrons. The van der Waals surface area contributed by atoms with Crippen LogP contribution in [0, 0.1) is 33.5 Å². The molecule has 1 aromatic carbocycles. The second kappa shape index (κ2) is 11.3. The van der Waals surface area contributed by atoms with E-state index in [0.29, 0.717) is 37.9 Å². The number of rotatable bonds is 6. The number of halogens is 4. The monoisotopic (exact) mass is 751 g/mol. The maximum Gasteiger partial charge on any atom is 0.416 e. The van der Waals surface area contributed by atoms with Crippen molar-refractivity contribution in [2.45, 2.75) is 83.1 Å². The lowest BCUT2D eigenvalue weighted by molar-refractivity contribution is -0.164. The van der Waals surface area contributed by atoms with Gasteiger partial charge in [0.25, 0.3) is 0 Å². The number of thiophene rings is 1. The third-order valence-electron chi connectivity index (χ3n) is 14.5. The van der Waals surface area contributed by atoms with E-state index in [4.69, 9.17) is 20.8 Å². The van der Waals surface area contributed by atoms with Crippen LogP contribution in [0.3, 0.4) is 0 Å². The number of aliphatic hydroxyl groups is 1. The molecule has 7 aliphatic rings. The van der Waals surface area contributed by atoms with E-state index < -0.39 is 39.7 Å².